The molecule has 0 radical (unpaired) electrons. The van der Waals surface area contributed by atoms with E-state index in [1.165, 1.54) is 19.1 Å². The molecule has 0 aliphatic carbocycles. The van der Waals surface area contributed by atoms with Gasteiger partial charge in [-0.3, -0.25) is 4.79 Å². The number of hydrogen-bond acceptors (Lipinski definition) is 5. The predicted molar refractivity (Wildman–Crippen MR) is 73.7 cm³/mol. The van der Waals surface area contributed by atoms with Crippen molar-refractivity contribution in [2.45, 2.75) is 18.9 Å². The molecular weight excluding hydrogens is 282 g/mol. The lowest BCUT2D eigenvalue weighted by Crippen LogP contribution is -2.49. The molecule has 0 heterocycles. The van der Waals surface area contributed by atoms with Crippen LogP contribution in [0, 0.1) is 0 Å². The molecule has 9 heteroatoms. The fourth-order valence-electron chi connectivity index (χ4n) is 1.50. The van der Waals surface area contributed by atoms with Crippen LogP contribution in [0.15, 0.2) is 0 Å². The van der Waals surface area contributed by atoms with Crippen molar-refractivity contribution in [1.82, 2.24) is 10.2 Å². The summed E-state index contributed by atoms with van der Waals surface area (Å²) in [5, 5.41) is 11.4. The summed E-state index contributed by atoms with van der Waals surface area (Å²) in [6.07, 6.45) is -0.174. The average Bonchev–Trinajstić information content (AvgIpc) is 2.42. The molecule has 0 rings (SSSR count). The van der Waals surface area contributed by atoms with Crippen LogP contribution in [0.4, 0.5) is 4.79 Å². The minimum absolute atomic E-state index is 0.0567. The molecule has 0 saturated carbocycles. The van der Waals surface area contributed by atoms with Crippen LogP contribution in [0.2, 0.25) is 0 Å². The van der Waals surface area contributed by atoms with Crippen LogP contribution in [-0.2, 0) is 19.1 Å². The van der Waals surface area contributed by atoms with Gasteiger partial charge in [-0.25, -0.2) is 9.59 Å². The smallest absolute Gasteiger partial charge is 0.326 e. The highest BCUT2D eigenvalue weighted by Gasteiger charge is 2.23. The van der Waals surface area contributed by atoms with Crippen LogP contribution in [0.3, 0.4) is 0 Å². The first-order valence-electron chi connectivity index (χ1n) is 6.46. The van der Waals surface area contributed by atoms with Crippen LogP contribution < -0.4 is 11.1 Å². The zero-order valence-electron chi connectivity index (χ0n) is 12.3. The molecule has 0 fully saturated rings. The normalized spacial score (nSPS) is 11.7. The number of carboxylic acids is 1. The Morgan fingerprint density at radius 1 is 1.19 bits per heavy atom. The van der Waals surface area contributed by atoms with Crippen LogP contribution in [0.1, 0.15) is 12.8 Å². The number of methoxy groups -OCH3 is 2. The Hall–Kier alpha value is -1.87. The molecule has 1 atom stereocenters. The number of carbonyl (C=O) groups excluding carboxylic acids is 2. The van der Waals surface area contributed by atoms with Crippen molar-refractivity contribution in [3.8, 4) is 0 Å². The number of urea groups is 1. The minimum Gasteiger partial charge on any atom is -0.480 e. The van der Waals surface area contributed by atoms with Gasteiger partial charge in [0.1, 0.15) is 6.04 Å². The molecule has 0 bridgehead atoms. The zero-order chi connectivity index (χ0) is 16.3. The Kier molecular flexibility index (Phi) is 9.90. The van der Waals surface area contributed by atoms with E-state index in [2.05, 4.69) is 5.32 Å². The fraction of sp³-hybridized carbons (Fsp3) is 0.750. The molecule has 4 N–H and O–H groups in total. The number of carboxylic acid groups (broad SMARTS) is 1. The highest BCUT2D eigenvalue weighted by Crippen LogP contribution is 2.00. The Labute approximate surface area is 123 Å². The zero-order valence-corrected chi connectivity index (χ0v) is 12.3. The first-order chi connectivity index (χ1) is 9.92. The van der Waals surface area contributed by atoms with Crippen LogP contribution >= 0.6 is 0 Å². The van der Waals surface area contributed by atoms with Gasteiger partial charge in [-0.1, -0.05) is 0 Å². The first kappa shape index (κ1) is 19.1. The van der Waals surface area contributed by atoms with Gasteiger partial charge in [0.2, 0.25) is 5.91 Å². The van der Waals surface area contributed by atoms with Crippen molar-refractivity contribution >= 4 is 17.9 Å². The topological polar surface area (TPSA) is 131 Å². The van der Waals surface area contributed by atoms with Crippen molar-refractivity contribution in [1.29, 1.82) is 0 Å². The highest BCUT2D eigenvalue weighted by molar-refractivity contribution is 5.83. The number of aliphatic carboxylic acids is 1. The number of nitrogens with two attached hydrogens (primary N) is 1. The van der Waals surface area contributed by atoms with Gasteiger partial charge in [-0.2, -0.15) is 0 Å². The van der Waals surface area contributed by atoms with Gasteiger partial charge in [-0.15, -0.1) is 0 Å². The fourth-order valence-corrected chi connectivity index (χ4v) is 1.50. The van der Waals surface area contributed by atoms with E-state index in [9.17, 15) is 14.4 Å². The van der Waals surface area contributed by atoms with Crippen LogP contribution in [-0.4, -0.2) is 74.5 Å². The molecule has 0 aromatic rings. The second-order valence-electron chi connectivity index (χ2n) is 4.32. The van der Waals surface area contributed by atoms with Gasteiger partial charge < -0.3 is 30.5 Å². The summed E-state index contributed by atoms with van der Waals surface area (Å²) >= 11 is 0. The second-order valence-corrected chi connectivity index (χ2v) is 4.32. The number of carbonyl (C=O) groups is 3. The third-order valence-corrected chi connectivity index (χ3v) is 2.69. The summed E-state index contributed by atoms with van der Waals surface area (Å²) in [5.41, 5.74) is 4.97. The Balaban J connectivity index is 4.56. The third kappa shape index (κ3) is 8.82. The molecule has 3 amide bonds. The second kappa shape index (κ2) is 10.9. The number of rotatable bonds is 11. The summed E-state index contributed by atoms with van der Waals surface area (Å²) in [4.78, 5) is 35.2. The van der Waals surface area contributed by atoms with E-state index >= 15 is 0 Å². The summed E-state index contributed by atoms with van der Waals surface area (Å²) < 4.78 is 9.79. The first-order valence-corrected chi connectivity index (χ1v) is 6.46. The van der Waals surface area contributed by atoms with Gasteiger partial charge in [0.25, 0.3) is 0 Å². The lowest BCUT2D eigenvalue weighted by molar-refractivity contribution is -0.139. The van der Waals surface area contributed by atoms with Crippen molar-refractivity contribution in [2.24, 2.45) is 5.73 Å². The lowest BCUT2D eigenvalue weighted by atomic mass is 10.1. The van der Waals surface area contributed by atoms with E-state index in [0.717, 1.165) is 0 Å². The molecule has 0 aliphatic heterocycles. The third-order valence-electron chi connectivity index (χ3n) is 2.69. The number of amides is 3. The van der Waals surface area contributed by atoms with Crippen molar-refractivity contribution < 1.29 is 29.0 Å². The van der Waals surface area contributed by atoms with Gasteiger partial charge in [-0.05, 0) is 6.42 Å². The number of hydrogen-bond donors (Lipinski definition) is 3. The number of nitrogens with one attached hydrogen (secondary N) is 1. The molecule has 0 aromatic carbocycles. The maximum Gasteiger partial charge on any atom is 0.326 e. The molecule has 122 valence electrons. The number of nitrogens with zero attached hydrogens (tertiary/aromatic N) is 1. The Morgan fingerprint density at radius 2 is 1.71 bits per heavy atom. The van der Waals surface area contributed by atoms with E-state index in [4.69, 9.17) is 20.3 Å². The largest absolute Gasteiger partial charge is 0.480 e. The summed E-state index contributed by atoms with van der Waals surface area (Å²) in [6.45, 7) is 1.23. The van der Waals surface area contributed by atoms with Gasteiger partial charge in [0, 0.05) is 33.7 Å². The van der Waals surface area contributed by atoms with E-state index in [0.29, 0.717) is 26.3 Å². The maximum atomic E-state index is 12.0. The molecule has 0 unspecified atom stereocenters. The van der Waals surface area contributed by atoms with Gasteiger partial charge >= 0.3 is 12.0 Å². The summed E-state index contributed by atoms with van der Waals surface area (Å²) in [6, 6.07) is -1.72. The monoisotopic (exact) mass is 305 g/mol. The van der Waals surface area contributed by atoms with Crippen molar-refractivity contribution in [3.05, 3.63) is 0 Å². The number of ether oxygens (including phenoxy) is 2. The highest BCUT2D eigenvalue weighted by atomic mass is 16.5. The minimum atomic E-state index is -1.22. The standard InChI is InChI=1S/C12H23N3O6/c1-20-7-5-15(6-8-21-2)12(19)14-9(11(17)18)3-4-10(13)16/h9H,3-8H2,1-2H3,(H2,13,16)(H,14,19)(H,17,18)/t9-/m0/s1. The summed E-state index contributed by atoms with van der Waals surface area (Å²) in [5.74, 6) is -1.84. The molecule has 0 spiro atoms. The predicted octanol–water partition coefficient (Wildman–Crippen LogP) is -0.990. The molecule has 0 aliphatic rings. The van der Waals surface area contributed by atoms with E-state index in [1.54, 1.807) is 0 Å². The quantitative estimate of drug-likeness (QED) is 0.449. The van der Waals surface area contributed by atoms with E-state index in [-0.39, 0.29) is 12.8 Å². The molecule has 0 saturated heterocycles. The molecule has 0 aromatic heterocycles. The number of primary amides is 1. The van der Waals surface area contributed by atoms with Crippen LogP contribution in [0.5, 0.6) is 0 Å². The molecule has 21 heavy (non-hydrogen) atoms. The van der Waals surface area contributed by atoms with Gasteiger partial charge in [0.05, 0.1) is 13.2 Å². The molecular formula is C12H23N3O6. The van der Waals surface area contributed by atoms with E-state index < -0.39 is 23.9 Å². The van der Waals surface area contributed by atoms with Crippen molar-refractivity contribution in [2.75, 3.05) is 40.5 Å². The Morgan fingerprint density at radius 3 is 2.10 bits per heavy atom. The lowest BCUT2D eigenvalue weighted by Gasteiger charge is -2.24. The molecule has 9 nitrogen and oxygen atoms in total. The average molecular weight is 305 g/mol. The van der Waals surface area contributed by atoms with E-state index in [1.807, 2.05) is 0 Å². The van der Waals surface area contributed by atoms with Crippen LogP contribution in [0.25, 0.3) is 0 Å². The Bertz CT molecular complexity index is 342. The maximum absolute atomic E-state index is 12.0. The van der Waals surface area contributed by atoms with Crippen molar-refractivity contribution in [3.63, 3.8) is 0 Å². The summed E-state index contributed by atoms with van der Waals surface area (Å²) in [7, 11) is 3.00. The van der Waals surface area contributed by atoms with Gasteiger partial charge in [0.15, 0.2) is 0 Å². The SMILES string of the molecule is COCCN(CCOC)C(=O)N[C@@H](CCC(N)=O)C(=O)O.